The summed E-state index contributed by atoms with van der Waals surface area (Å²) in [5.41, 5.74) is 0.0710. The molecule has 9 heteroatoms. The van der Waals surface area contributed by atoms with Crippen molar-refractivity contribution in [3.63, 3.8) is 0 Å². The zero-order valence-corrected chi connectivity index (χ0v) is 14.0. The molecule has 0 heterocycles. The second-order valence-corrected chi connectivity index (χ2v) is 7.00. The molecule has 0 saturated carbocycles. The SMILES string of the molecule is CCCC[C@H](NS(=O)(=O)c1cc(C)cc([N+](=O)[O-])c1C)C(=O)O. The molecule has 0 aromatic heterocycles. The number of hydrogen-bond acceptors (Lipinski definition) is 5. The van der Waals surface area contributed by atoms with Gasteiger partial charge in [-0.2, -0.15) is 4.72 Å². The molecular weight excluding hydrogens is 324 g/mol. The number of rotatable bonds is 8. The van der Waals surface area contributed by atoms with E-state index in [-0.39, 0.29) is 22.6 Å². The molecule has 0 spiro atoms. The minimum absolute atomic E-state index is 0.0206. The molecule has 1 aromatic carbocycles. The fraction of sp³-hybridized carbons (Fsp3) is 0.500. The molecule has 1 aromatic rings. The van der Waals surface area contributed by atoms with Gasteiger partial charge in [-0.05, 0) is 31.9 Å². The second-order valence-electron chi connectivity index (χ2n) is 5.32. The second kappa shape index (κ2) is 7.51. The van der Waals surface area contributed by atoms with Gasteiger partial charge in [-0.25, -0.2) is 8.42 Å². The van der Waals surface area contributed by atoms with Crippen LogP contribution in [0.1, 0.15) is 37.3 Å². The number of aliphatic carboxylic acids is 1. The molecular formula is C14H20N2O6S. The first kappa shape index (κ1) is 19.0. The lowest BCUT2D eigenvalue weighted by atomic mass is 10.1. The molecule has 128 valence electrons. The molecule has 1 rings (SSSR count). The summed E-state index contributed by atoms with van der Waals surface area (Å²) in [7, 11) is -4.18. The topological polar surface area (TPSA) is 127 Å². The maximum absolute atomic E-state index is 12.5. The van der Waals surface area contributed by atoms with Gasteiger partial charge in [0, 0.05) is 11.6 Å². The Kier molecular flexibility index (Phi) is 6.22. The highest BCUT2D eigenvalue weighted by Crippen LogP contribution is 2.27. The number of nitro groups is 1. The van der Waals surface area contributed by atoms with Crippen LogP contribution in [0.3, 0.4) is 0 Å². The Morgan fingerprint density at radius 3 is 2.48 bits per heavy atom. The highest BCUT2D eigenvalue weighted by molar-refractivity contribution is 7.89. The highest BCUT2D eigenvalue weighted by atomic mass is 32.2. The Hall–Kier alpha value is -2.00. The predicted molar refractivity (Wildman–Crippen MR) is 83.8 cm³/mol. The van der Waals surface area contributed by atoms with Crippen LogP contribution in [-0.4, -0.2) is 30.5 Å². The van der Waals surface area contributed by atoms with Crippen LogP contribution in [0, 0.1) is 24.0 Å². The predicted octanol–water partition coefficient (Wildman–Crippen LogP) is 2.13. The van der Waals surface area contributed by atoms with Crippen molar-refractivity contribution >= 4 is 21.7 Å². The number of unbranched alkanes of at least 4 members (excludes halogenated alkanes) is 1. The molecule has 8 nitrogen and oxygen atoms in total. The summed E-state index contributed by atoms with van der Waals surface area (Å²) in [5.74, 6) is -1.28. The Morgan fingerprint density at radius 1 is 1.39 bits per heavy atom. The molecule has 2 N–H and O–H groups in total. The third-order valence-corrected chi connectivity index (χ3v) is 5.00. The summed E-state index contributed by atoms with van der Waals surface area (Å²) >= 11 is 0. The molecule has 0 fully saturated rings. The molecule has 0 amide bonds. The van der Waals surface area contributed by atoms with Gasteiger partial charge in [-0.1, -0.05) is 19.8 Å². The number of benzene rings is 1. The minimum atomic E-state index is -4.18. The monoisotopic (exact) mass is 344 g/mol. The van der Waals surface area contributed by atoms with Crippen molar-refractivity contribution < 1.29 is 23.2 Å². The van der Waals surface area contributed by atoms with Crippen LogP contribution >= 0.6 is 0 Å². The lowest BCUT2D eigenvalue weighted by molar-refractivity contribution is -0.385. The molecule has 0 aliphatic heterocycles. The third-order valence-electron chi connectivity index (χ3n) is 3.41. The van der Waals surface area contributed by atoms with E-state index in [4.69, 9.17) is 5.11 Å². The summed E-state index contributed by atoms with van der Waals surface area (Å²) in [5, 5.41) is 20.2. The fourth-order valence-corrected chi connectivity index (χ4v) is 3.74. The van der Waals surface area contributed by atoms with Gasteiger partial charge in [0.1, 0.15) is 6.04 Å². The van der Waals surface area contributed by atoms with Crippen molar-refractivity contribution in [3.05, 3.63) is 33.4 Å². The van der Waals surface area contributed by atoms with Gasteiger partial charge in [0.05, 0.1) is 9.82 Å². The van der Waals surface area contributed by atoms with Crippen LogP contribution in [0.2, 0.25) is 0 Å². The zero-order chi connectivity index (χ0) is 17.8. The van der Waals surface area contributed by atoms with Crippen LogP contribution in [0.25, 0.3) is 0 Å². The number of hydrogen-bond donors (Lipinski definition) is 2. The number of nitrogens with zero attached hydrogens (tertiary/aromatic N) is 1. The normalized spacial score (nSPS) is 12.8. The minimum Gasteiger partial charge on any atom is -0.480 e. The standard InChI is InChI=1S/C14H20N2O6S/c1-4-5-6-11(14(17)18)15-23(21,22)13-8-9(2)7-12(10(13)3)16(19)20/h7-8,11,15H,4-6H2,1-3H3,(H,17,18)/t11-/m0/s1. The number of carbonyl (C=O) groups is 1. The summed E-state index contributed by atoms with van der Waals surface area (Å²) < 4.78 is 27.1. The molecule has 0 radical (unpaired) electrons. The Labute approximate surface area is 134 Å². The molecule has 0 aliphatic carbocycles. The van der Waals surface area contributed by atoms with E-state index in [9.17, 15) is 23.3 Å². The maximum atomic E-state index is 12.5. The molecule has 0 aliphatic rings. The average Bonchev–Trinajstić information content (AvgIpc) is 2.44. The van der Waals surface area contributed by atoms with Gasteiger partial charge in [-0.15, -0.1) is 0 Å². The molecule has 0 unspecified atom stereocenters. The van der Waals surface area contributed by atoms with E-state index in [0.29, 0.717) is 12.0 Å². The maximum Gasteiger partial charge on any atom is 0.321 e. The van der Waals surface area contributed by atoms with E-state index in [2.05, 4.69) is 4.72 Å². The van der Waals surface area contributed by atoms with Crippen molar-refractivity contribution in [1.29, 1.82) is 0 Å². The summed E-state index contributed by atoms with van der Waals surface area (Å²) in [4.78, 5) is 21.3. The van der Waals surface area contributed by atoms with Crippen molar-refractivity contribution in [1.82, 2.24) is 4.72 Å². The van der Waals surface area contributed by atoms with Crippen molar-refractivity contribution in [2.75, 3.05) is 0 Å². The van der Waals surface area contributed by atoms with Gasteiger partial charge in [0.25, 0.3) is 5.69 Å². The molecule has 1 atom stereocenters. The number of nitrogens with one attached hydrogen (secondary N) is 1. The van der Waals surface area contributed by atoms with Crippen LogP contribution in [0.5, 0.6) is 0 Å². The van der Waals surface area contributed by atoms with E-state index in [0.717, 1.165) is 6.42 Å². The van der Waals surface area contributed by atoms with Gasteiger partial charge in [-0.3, -0.25) is 14.9 Å². The smallest absolute Gasteiger partial charge is 0.321 e. The number of aryl methyl sites for hydroxylation is 1. The van der Waals surface area contributed by atoms with E-state index in [1.807, 2.05) is 6.92 Å². The van der Waals surface area contributed by atoms with Crippen molar-refractivity contribution in [2.24, 2.45) is 0 Å². The van der Waals surface area contributed by atoms with Crippen LogP contribution < -0.4 is 4.72 Å². The Morgan fingerprint density at radius 2 is 2.00 bits per heavy atom. The number of sulfonamides is 1. The Bertz CT molecular complexity index is 714. The molecule has 0 bridgehead atoms. The average molecular weight is 344 g/mol. The van der Waals surface area contributed by atoms with E-state index < -0.39 is 27.0 Å². The van der Waals surface area contributed by atoms with E-state index in [1.165, 1.54) is 26.0 Å². The fourth-order valence-electron chi connectivity index (χ4n) is 2.17. The van der Waals surface area contributed by atoms with E-state index >= 15 is 0 Å². The lowest BCUT2D eigenvalue weighted by Gasteiger charge is -2.16. The summed E-state index contributed by atoms with van der Waals surface area (Å²) in [6.07, 6.45) is 1.42. The highest BCUT2D eigenvalue weighted by Gasteiger charge is 2.29. The third kappa shape index (κ3) is 4.73. The number of carboxylic acid groups (broad SMARTS) is 1. The quantitative estimate of drug-likeness (QED) is 0.549. The lowest BCUT2D eigenvalue weighted by Crippen LogP contribution is -2.40. The first-order chi connectivity index (χ1) is 10.6. The van der Waals surface area contributed by atoms with Crippen LogP contribution in [0.15, 0.2) is 17.0 Å². The van der Waals surface area contributed by atoms with Gasteiger partial charge in [0.15, 0.2) is 0 Å². The van der Waals surface area contributed by atoms with Crippen molar-refractivity contribution in [2.45, 2.75) is 51.0 Å². The van der Waals surface area contributed by atoms with E-state index in [1.54, 1.807) is 0 Å². The van der Waals surface area contributed by atoms with Crippen LogP contribution in [-0.2, 0) is 14.8 Å². The zero-order valence-electron chi connectivity index (χ0n) is 13.2. The number of carboxylic acids is 1. The van der Waals surface area contributed by atoms with Gasteiger partial charge >= 0.3 is 5.97 Å². The van der Waals surface area contributed by atoms with Gasteiger partial charge < -0.3 is 5.11 Å². The molecule has 23 heavy (non-hydrogen) atoms. The largest absolute Gasteiger partial charge is 0.480 e. The Balaban J connectivity index is 3.27. The number of nitro benzene ring substituents is 1. The van der Waals surface area contributed by atoms with Crippen molar-refractivity contribution in [3.8, 4) is 0 Å². The van der Waals surface area contributed by atoms with Gasteiger partial charge in [0.2, 0.25) is 10.0 Å². The summed E-state index contributed by atoms with van der Waals surface area (Å²) in [6.45, 7) is 4.73. The van der Waals surface area contributed by atoms with Crippen LogP contribution in [0.4, 0.5) is 5.69 Å². The summed E-state index contributed by atoms with van der Waals surface area (Å²) in [6, 6.07) is 1.31. The molecule has 0 saturated heterocycles. The first-order valence-electron chi connectivity index (χ1n) is 7.11. The first-order valence-corrected chi connectivity index (χ1v) is 8.59.